The first kappa shape index (κ1) is 6.46. The Labute approximate surface area is 63.8 Å². The van der Waals surface area contributed by atoms with Gasteiger partial charge in [-0.05, 0) is 12.8 Å². The number of rotatable bonds is 0. The molecule has 0 aromatic rings. The zero-order valence-electron chi connectivity index (χ0n) is 5.96. The topological polar surface area (TPSA) is 46.5 Å². The molecular formula is C8H7NO2. The first-order chi connectivity index (χ1) is 5.29. The van der Waals surface area contributed by atoms with E-state index in [1.54, 1.807) is 0 Å². The third kappa shape index (κ3) is 0.843. The molecule has 0 atom stereocenters. The number of ketones is 2. The van der Waals surface area contributed by atoms with Crippen molar-refractivity contribution in [1.29, 1.82) is 0 Å². The summed E-state index contributed by atoms with van der Waals surface area (Å²) in [4.78, 5) is 26.0. The van der Waals surface area contributed by atoms with Gasteiger partial charge in [0.1, 0.15) is 0 Å². The molecule has 0 saturated carbocycles. The monoisotopic (exact) mass is 149 g/mol. The van der Waals surface area contributed by atoms with Crippen molar-refractivity contribution >= 4 is 17.8 Å². The third-order valence-electron chi connectivity index (χ3n) is 1.97. The number of aliphatic imine (C=N–C) groups is 1. The molecule has 0 radical (unpaired) electrons. The fourth-order valence-corrected chi connectivity index (χ4v) is 1.44. The van der Waals surface area contributed by atoms with Crippen LogP contribution in [0.3, 0.4) is 0 Å². The van der Waals surface area contributed by atoms with Gasteiger partial charge in [-0.3, -0.25) is 14.6 Å². The fourth-order valence-electron chi connectivity index (χ4n) is 1.44. The van der Waals surface area contributed by atoms with Crippen molar-refractivity contribution in [2.24, 2.45) is 4.99 Å². The Morgan fingerprint density at radius 1 is 1.27 bits per heavy atom. The van der Waals surface area contributed by atoms with Crippen LogP contribution in [0.5, 0.6) is 0 Å². The first-order valence-electron chi connectivity index (χ1n) is 3.64. The molecular weight excluding hydrogens is 142 g/mol. The van der Waals surface area contributed by atoms with Crippen molar-refractivity contribution in [2.45, 2.75) is 19.3 Å². The van der Waals surface area contributed by atoms with E-state index in [1.807, 2.05) is 0 Å². The quantitative estimate of drug-likeness (QED) is 0.474. The van der Waals surface area contributed by atoms with Gasteiger partial charge in [0.2, 0.25) is 5.78 Å². The summed E-state index contributed by atoms with van der Waals surface area (Å²) in [7, 11) is 0. The number of carbonyl (C=O) groups excluding carboxylic acids is 2. The SMILES string of the molecule is O=C1C=NC2=C1C(=O)CCC2. The van der Waals surface area contributed by atoms with E-state index in [9.17, 15) is 9.59 Å². The molecule has 56 valence electrons. The Balaban J connectivity index is 2.47. The maximum absolute atomic E-state index is 11.1. The van der Waals surface area contributed by atoms with Crippen LogP contribution in [0.25, 0.3) is 0 Å². The average molecular weight is 149 g/mol. The van der Waals surface area contributed by atoms with Gasteiger partial charge in [-0.15, -0.1) is 0 Å². The molecule has 11 heavy (non-hydrogen) atoms. The highest BCUT2D eigenvalue weighted by Crippen LogP contribution is 2.26. The molecule has 0 amide bonds. The molecule has 0 aromatic heterocycles. The summed E-state index contributed by atoms with van der Waals surface area (Å²) in [5, 5.41) is 0. The van der Waals surface area contributed by atoms with Gasteiger partial charge in [-0.1, -0.05) is 0 Å². The number of hydrogen-bond donors (Lipinski definition) is 0. The lowest BCUT2D eigenvalue weighted by Crippen LogP contribution is -2.15. The molecule has 0 saturated heterocycles. The minimum Gasteiger partial charge on any atom is -0.294 e. The zero-order valence-corrected chi connectivity index (χ0v) is 5.96. The van der Waals surface area contributed by atoms with Gasteiger partial charge in [0.25, 0.3) is 0 Å². The molecule has 0 aromatic carbocycles. The molecule has 0 N–H and O–H groups in total. The van der Waals surface area contributed by atoms with E-state index in [4.69, 9.17) is 0 Å². The van der Waals surface area contributed by atoms with E-state index >= 15 is 0 Å². The van der Waals surface area contributed by atoms with E-state index in [2.05, 4.69) is 4.99 Å². The molecule has 1 aliphatic heterocycles. The Hall–Kier alpha value is -1.25. The van der Waals surface area contributed by atoms with Crippen LogP contribution in [0.4, 0.5) is 0 Å². The Morgan fingerprint density at radius 2 is 2.09 bits per heavy atom. The van der Waals surface area contributed by atoms with Gasteiger partial charge in [-0.2, -0.15) is 0 Å². The Morgan fingerprint density at radius 3 is 2.82 bits per heavy atom. The average Bonchev–Trinajstić information content (AvgIpc) is 2.34. The lowest BCUT2D eigenvalue weighted by molar-refractivity contribution is -0.119. The van der Waals surface area contributed by atoms with Crippen LogP contribution in [0.15, 0.2) is 16.3 Å². The number of carbonyl (C=O) groups is 2. The minimum atomic E-state index is -0.204. The zero-order chi connectivity index (χ0) is 7.84. The lowest BCUT2D eigenvalue weighted by atomic mass is 9.94. The van der Waals surface area contributed by atoms with Crippen molar-refractivity contribution < 1.29 is 9.59 Å². The molecule has 2 rings (SSSR count). The Kier molecular flexibility index (Phi) is 1.24. The molecule has 0 fully saturated rings. The van der Waals surface area contributed by atoms with Crippen LogP contribution < -0.4 is 0 Å². The number of nitrogens with zero attached hydrogens (tertiary/aromatic N) is 1. The van der Waals surface area contributed by atoms with Crippen molar-refractivity contribution in [3.05, 3.63) is 11.3 Å². The van der Waals surface area contributed by atoms with Crippen molar-refractivity contribution in [3.63, 3.8) is 0 Å². The summed E-state index contributed by atoms with van der Waals surface area (Å²) in [6, 6.07) is 0. The van der Waals surface area contributed by atoms with Crippen LogP contribution >= 0.6 is 0 Å². The smallest absolute Gasteiger partial charge is 0.209 e. The van der Waals surface area contributed by atoms with Crippen molar-refractivity contribution in [2.75, 3.05) is 0 Å². The molecule has 1 heterocycles. The molecule has 0 unspecified atom stereocenters. The van der Waals surface area contributed by atoms with Crippen LogP contribution in [0.2, 0.25) is 0 Å². The maximum atomic E-state index is 11.1. The van der Waals surface area contributed by atoms with Gasteiger partial charge >= 0.3 is 0 Å². The summed E-state index contributed by atoms with van der Waals surface area (Å²) in [6.45, 7) is 0. The van der Waals surface area contributed by atoms with Crippen molar-refractivity contribution in [3.8, 4) is 0 Å². The predicted molar refractivity (Wildman–Crippen MR) is 39.4 cm³/mol. The van der Waals surface area contributed by atoms with Crippen LogP contribution in [-0.4, -0.2) is 17.8 Å². The van der Waals surface area contributed by atoms with Crippen LogP contribution in [0.1, 0.15) is 19.3 Å². The van der Waals surface area contributed by atoms with Gasteiger partial charge in [0.05, 0.1) is 17.5 Å². The second kappa shape index (κ2) is 2.12. The van der Waals surface area contributed by atoms with Gasteiger partial charge in [0, 0.05) is 6.42 Å². The van der Waals surface area contributed by atoms with Crippen molar-refractivity contribution in [1.82, 2.24) is 0 Å². The van der Waals surface area contributed by atoms with Gasteiger partial charge in [-0.25, -0.2) is 0 Å². The highest BCUT2D eigenvalue weighted by molar-refractivity contribution is 6.45. The van der Waals surface area contributed by atoms with Crippen LogP contribution in [-0.2, 0) is 9.59 Å². The molecule has 0 bridgehead atoms. The summed E-state index contributed by atoms with van der Waals surface area (Å²) in [5.74, 6) is -0.238. The van der Waals surface area contributed by atoms with E-state index in [0.29, 0.717) is 17.7 Å². The normalized spacial score (nSPS) is 22.9. The van der Waals surface area contributed by atoms with Gasteiger partial charge in [0.15, 0.2) is 5.78 Å². The maximum Gasteiger partial charge on any atom is 0.209 e. The summed E-state index contributed by atoms with van der Waals surface area (Å²) in [6.07, 6.45) is 3.37. The molecule has 0 spiro atoms. The van der Waals surface area contributed by atoms with E-state index in [0.717, 1.165) is 12.8 Å². The third-order valence-corrected chi connectivity index (χ3v) is 1.97. The second-order valence-electron chi connectivity index (χ2n) is 2.72. The lowest BCUT2D eigenvalue weighted by Gasteiger charge is -2.08. The number of allylic oxidation sites excluding steroid dienone is 2. The van der Waals surface area contributed by atoms with E-state index < -0.39 is 0 Å². The fraction of sp³-hybridized carbons (Fsp3) is 0.375. The summed E-state index contributed by atoms with van der Waals surface area (Å²) >= 11 is 0. The number of hydrogen-bond acceptors (Lipinski definition) is 3. The minimum absolute atomic E-state index is 0.0336. The summed E-state index contributed by atoms with van der Waals surface area (Å²) in [5.41, 5.74) is 1.04. The number of Topliss-reactive ketones (excluding diaryl/α,β-unsaturated/α-hetero) is 2. The second-order valence-corrected chi connectivity index (χ2v) is 2.72. The Bertz CT molecular complexity index is 299. The van der Waals surface area contributed by atoms with Gasteiger partial charge < -0.3 is 0 Å². The predicted octanol–water partition coefficient (Wildman–Crippen LogP) is 0.647. The van der Waals surface area contributed by atoms with E-state index in [-0.39, 0.29) is 11.6 Å². The largest absolute Gasteiger partial charge is 0.294 e. The highest BCUT2D eigenvalue weighted by Gasteiger charge is 2.28. The first-order valence-corrected chi connectivity index (χ1v) is 3.64. The van der Waals surface area contributed by atoms with E-state index in [1.165, 1.54) is 6.21 Å². The highest BCUT2D eigenvalue weighted by atomic mass is 16.1. The molecule has 2 aliphatic rings. The van der Waals surface area contributed by atoms with Crippen LogP contribution in [0, 0.1) is 0 Å². The molecule has 3 nitrogen and oxygen atoms in total. The molecule has 3 heteroatoms. The molecule has 1 aliphatic carbocycles. The summed E-state index contributed by atoms with van der Waals surface area (Å²) < 4.78 is 0. The standard InChI is InChI=1S/C8H7NO2/c10-6-3-1-2-5-8(6)7(11)4-9-5/h4H,1-3H2.